The molecule has 0 radical (unpaired) electrons. The third-order valence-electron chi connectivity index (χ3n) is 5.80. The van der Waals surface area contributed by atoms with Crippen LogP contribution in [0.15, 0.2) is 82.8 Å². The number of H-pyrrole nitrogens is 1. The summed E-state index contributed by atoms with van der Waals surface area (Å²) in [5.74, 6) is 0.876. The maximum Gasteiger partial charge on any atom is 0.247 e. The SMILES string of the molecule is COc1cccc(C=Nc2ccc(SC3CC(=O)N(c4ccc5cc[nH]c5c4)C3=O)cc2)c1OC. The predicted molar refractivity (Wildman–Crippen MR) is 138 cm³/mol. The Kier molecular flexibility index (Phi) is 6.29. The van der Waals surface area contributed by atoms with Gasteiger partial charge in [-0.25, -0.2) is 4.90 Å². The number of aliphatic imine (C=N–C) groups is 1. The number of thioether (sulfide) groups is 1. The fraction of sp³-hybridized carbons (Fsp3) is 0.148. The summed E-state index contributed by atoms with van der Waals surface area (Å²) in [5.41, 5.74) is 3.05. The van der Waals surface area contributed by atoms with Gasteiger partial charge in [-0.2, -0.15) is 0 Å². The number of methoxy groups -OCH3 is 2. The summed E-state index contributed by atoms with van der Waals surface area (Å²) in [6.07, 6.45) is 3.73. The summed E-state index contributed by atoms with van der Waals surface area (Å²) in [6, 6.07) is 20.7. The van der Waals surface area contributed by atoms with Gasteiger partial charge in [-0.05, 0) is 60.0 Å². The number of aromatic nitrogens is 1. The molecular formula is C27H23N3O4S. The molecule has 1 fully saturated rings. The molecule has 1 N–H and O–H groups in total. The number of imide groups is 1. The smallest absolute Gasteiger partial charge is 0.247 e. The zero-order chi connectivity index (χ0) is 24.4. The molecule has 4 aromatic rings. The number of rotatable bonds is 7. The van der Waals surface area contributed by atoms with Gasteiger partial charge in [0.2, 0.25) is 11.8 Å². The molecule has 35 heavy (non-hydrogen) atoms. The average molecular weight is 486 g/mol. The molecule has 3 aromatic carbocycles. The first-order chi connectivity index (χ1) is 17.1. The summed E-state index contributed by atoms with van der Waals surface area (Å²) >= 11 is 1.39. The van der Waals surface area contributed by atoms with Crippen molar-refractivity contribution >= 4 is 52.1 Å². The highest BCUT2D eigenvalue weighted by Crippen LogP contribution is 2.35. The molecule has 0 aliphatic carbocycles. The maximum atomic E-state index is 13.1. The molecule has 5 rings (SSSR count). The Morgan fingerprint density at radius 1 is 1.03 bits per heavy atom. The molecule has 1 atom stereocenters. The topological polar surface area (TPSA) is 84.0 Å². The zero-order valence-corrected chi connectivity index (χ0v) is 20.0. The van der Waals surface area contributed by atoms with Gasteiger partial charge >= 0.3 is 0 Å². The number of anilines is 1. The van der Waals surface area contributed by atoms with Crippen molar-refractivity contribution in [1.29, 1.82) is 0 Å². The lowest BCUT2D eigenvalue weighted by molar-refractivity contribution is -0.121. The Labute approximate surface area is 206 Å². The van der Waals surface area contributed by atoms with Crippen LogP contribution in [0.1, 0.15) is 12.0 Å². The minimum absolute atomic E-state index is 0.168. The van der Waals surface area contributed by atoms with E-state index in [9.17, 15) is 9.59 Å². The van der Waals surface area contributed by atoms with Crippen molar-refractivity contribution in [3.8, 4) is 11.5 Å². The Morgan fingerprint density at radius 3 is 2.63 bits per heavy atom. The second-order valence-corrected chi connectivity index (χ2v) is 9.24. The predicted octanol–water partition coefficient (Wildman–Crippen LogP) is 5.36. The fourth-order valence-electron chi connectivity index (χ4n) is 4.08. The minimum atomic E-state index is -0.461. The molecule has 0 spiro atoms. The number of hydrogen-bond acceptors (Lipinski definition) is 6. The van der Waals surface area contributed by atoms with Gasteiger partial charge in [-0.1, -0.05) is 12.1 Å². The molecule has 0 bridgehead atoms. The third-order valence-corrected chi connectivity index (χ3v) is 7.00. The number of hydrogen-bond donors (Lipinski definition) is 1. The number of nitrogens with one attached hydrogen (secondary N) is 1. The van der Waals surface area contributed by atoms with Crippen LogP contribution in [0.4, 0.5) is 11.4 Å². The Morgan fingerprint density at radius 2 is 1.86 bits per heavy atom. The monoisotopic (exact) mass is 485 g/mol. The molecule has 1 aliphatic rings. The van der Waals surface area contributed by atoms with E-state index in [0.29, 0.717) is 17.2 Å². The first-order valence-corrected chi connectivity index (χ1v) is 11.9. The second-order valence-electron chi connectivity index (χ2n) is 7.96. The van der Waals surface area contributed by atoms with Gasteiger partial charge in [0.15, 0.2) is 11.5 Å². The lowest BCUT2D eigenvalue weighted by atomic mass is 10.2. The molecule has 7 nitrogen and oxygen atoms in total. The number of nitrogens with zero attached hydrogens (tertiary/aromatic N) is 2. The fourth-order valence-corrected chi connectivity index (χ4v) is 5.13. The van der Waals surface area contributed by atoms with Crippen LogP contribution < -0.4 is 14.4 Å². The van der Waals surface area contributed by atoms with E-state index in [-0.39, 0.29) is 18.2 Å². The molecular weight excluding hydrogens is 462 g/mol. The van der Waals surface area contributed by atoms with E-state index in [2.05, 4.69) is 9.98 Å². The molecule has 1 unspecified atom stereocenters. The van der Waals surface area contributed by atoms with Crippen molar-refractivity contribution in [2.24, 2.45) is 4.99 Å². The molecule has 1 aliphatic heterocycles. The van der Waals surface area contributed by atoms with Crippen LogP contribution in [0.3, 0.4) is 0 Å². The van der Waals surface area contributed by atoms with E-state index in [0.717, 1.165) is 27.0 Å². The number of carbonyl (C=O) groups is 2. The molecule has 176 valence electrons. The third kappa shape index (κ3) is 4.52. The van der Waals surface area contributed by atoms with Gasteiger partial charge < -0.3 is 14.5 Å². The van der Waals surface area contributed by atoms with Crippen molar-refractivity contribution in [3.63, 3.8) is 0 Å². The van der Waals surface area contributed by atoms with E-state index in [1.54, 1.807) is 20.4 Å². The number of benzene rings is 3. The summed E-state index contributed by atoms with van der Waals surface area (Å²) in [6.45, 7) is 0. The van der Waals surface area contributed by atoms with E-state index >= 15 is 0 Å². The lowest BCUT2D eigenvalue weighted by Gasteiger charge is -2.15. The summed E-state index contributed by atoms with van der Waals surface area (Å²) in [5, 5.41) is 0.573. The Bertz CT molecular complexity index is 1430. The van der Waals surface area contributed by atoms with Gasteiger partial charge in [0.05, 0.1) is 30.8 Å². The van der Waals surface area contributed by atoms with Crippen LogP contribution in [0.5, 0.6) is 11.5 Å². The highest BCUT2D eigenvalue weighted by atomic mass is 32.2. The van der Waals surface area contributed by atoms with Crippen molar-refractivity contribution in [2.75, 3.05) is 19.1 Å². The van der Waals surface area contributed by atoms with Gasteiger partial charge in [-0.3, -0.25) is 14.6 Å². The largest absolute Gasteiger partial charge is 0.493 e. The van der Waals surface area contributed by atoms with Crippen molar-refractivity contribution in [3.05, 3.63) is 78.5 Å². The molecule has 2 heterocycles. The van der Waals surface area contributed by atoms with E-state index < -0.39 is 5.25 Å². The van der Waals surface area contributed by atoms with Crippen LogP contribution in [0, 0.1) is 0 Å². The highest BCUT2D eigenvalue weighted by molar-refractivity contribution is 8.00. The molecule has 8 heteroatoms. The van der Waals surface area contributed by atoms with Crippen LogP contribution >= 0.6 is 11.8 Å². The molecule has 2 amide bonds. The van der Waals surface area contributed by atoms with E-state index in [1.165, 1.54) is 16.7 Å². The van der Waals surface area contributed by atoms with Crippen molar-refractivity contribution in [2.45, 2.75) is 16.6 Å². The van der Waals surface area contributed by atoms with Gasteiger partial charge in [0.1, 0.15) is 0 Å². The number of ether oxygens (including phenoxy) is 2. The van der Waals surface area contributed by atoms with E-state index in [1.807, 2.05) is 72.9 Å². The maximum absolute atomic E-state index is 13.1. The normalized spacial score (nSPS) is 15.9. The van der Waals surface area contributed by atoms with Crippen LogP contribution in [-0.4, -0.2) is 42.5 Å². The molecule has 0 saturated carbocycles. The van der Waals surface area contributed by atoms with Crippen LogP contribution in [0.2, 0.25) is 0 Å². The van der Waals surface area contributed by atoms with Gasteiger partial charge in [0, 0.05) is 34.8 Å². The Balaban J connectivity index is 1.28. The number of amides is 2. The quantitative estimate of drug-likeness (QED) is 0.281. The minimum Gasteiger partial charge on any atom is -0.493 e. The average Bonchev–Trinajstić information content (AvgIpc) is 3.46. The molecule has 1 saturated heterocycles. The summed E-state index contributed by atoms with van der Waals surface area (Å²) in [4.78, 5) is 35.6. The van der Waals surface area contributed by atoms with Crippen molar-refractivity contribution in [1.82, 2.24) is 4.98 Å². The van der Waals surface area contributed by atoms with Gasteiger partial charge in [-0.15, -0.1) is 11.8 Å². The number of fused-ring (bicyclic) bond motifs is 1. The number of carbonyl (C=O) groups excluding carboxylic acids is 2. The first kappa shape index (κ1) is 22.7. The lowest BCUT2D eigenvalue weighted by Crippen LogP contribution is -2.31. The number of para-hydroxylation sites is 1. The second kappa shape index (κ2) is 9.68. The summed E-state index contributed by atoms with van der Waals surface area (Å²) in [7, 11) is 3.19. The van der Waals surface area contributed by atoms with Crippen molar-refractivity contribution < 1.29 is 19.1 Å². The van der Waals surface area contributed by atoms with Crippen LogP contribution in [-0.2, 0) is 9.59 Å². The zero-order valence-electron chi connectivity index (χ0n) is 19.2. The first-order valence-electron chi connectivity index (χ1n) is 11.0. The van der Waals surface area contributed by atoms with Gasteiger partial charge in [0.25, 0.3) is 0 Å². The van der Waals surface area contributed by atoms with Crippen LogP contribution in [0.25, 0.3) is 10.9 Å². The number of aromatic amines is 1. The summed E-state index contributed by atoms with van der Waals surface area (Å²) < 4.78 is 10.8. The van der Waals surface area contributed by atoms with E-state index in [4.69, 9.17) is 9.47 Å². The highest BCUT2D eigenvalue weighted by Gasteiger charge is 2.40. The molecule has 1 aromatic heterocycles. The Hall–Kier alpha value is -4.04. The standard InChI is InChI=1S/C27H23N3O4S/c1-33-23-5-3-4-18(26(23)34-2)16-29-19-7-10-21(11-8-19)35-24-15-25(31)30(27(24)32)20-9-6-17-12-13-28-22(17)14-20/h3-14,16,24,28H,15H2,1-2H3.